The minimum Gasteiger partial charge on any atom is -0.496 e. The number of aromatic amines is 1. The van der Waals surface area contributed by atoms with Gasteiger partial charge in [-0.15, -0.1) is 0 Å². The number of carbonyl (C=O) groups is 2. The number of Topliss-reactive ketones (excluding diaryl/α,β-unsaturated/α-hetero) is 2. The van der Waals surface area contributed by atoms with Crippen LogP contribution in [0.15, 0.2) is 34.3 Å². The number of H-pyrrole nitrogens is 1. The third-order valence-corrected chi connectivity index (χ3v) is 8.73. The molecule has 2 aliphatic heterocycles. The van der Waals surface area contributed by atoms with Gasteiger partial charge in [-0.05, 0) is 24.1 Å². The number of nitrogens with two attached hydrogens (primary N) is 1. The van der Waals surface area contributed by atoms with Crippen molar-refractivity contribution in [3.8, 4) is 34.5 Å². The van der Waals surface area contributed by atoms with E-state index >= 15 is 0 Å². The standard InChI is InChI=1S/C30H29ClN4O9/c1-11-7-13-19(25(36)30(11)26(37)20-14(39-2)10-15(40-3)22(31)24(20)44-30)18(21-27(33-13)34-29(32)35-28(21)38)12-8-16(41-4)23(43-6)17(9-12)42-5/h8-11,18H,7H2,1-6H3,(H4,32,33,34,35,38). The van der Waals surface area contributed by atoms with Crippen molar-refractivity contribution in [2.24, 2.45) is 5.92 Å². The molecule has 44 heavy (non-hydrogen) atoms. The van der Waals surface area contributed by atoms with Crippen molar-refractivity contribution in [3.63, 3.8) is 0 Å². The number of nitrogens with zero attached hydrogens (tertiary/aromatic N) is 1. The molecule has 0 saturated carbocycles. The van der Waals surface area contributed by atoms with Gasteiger partial charge in [-0.2, -0.15) is 4.98 Å². The summed E-state index contributed by atoms with van der Waals surface area (Å²) in [6.07, 6.45) is 0.173. The first-order valence-electron chi connectivity index (χ1n) is 13.5. The summed E-state index contributed by atoms with van der Waals surface area (Å²) >= 11 is 6.61. The number of hydrogen-bond donors (Lipinski definition) is 3. The summed E-state index contributed by atoms with van der Waals surface area (Å²) in [5.74, 6) is -1.70. The molecule has 3 atom stereocenters. The monoisotopic (exact) mass is 624 g/mol. The summed E-state index contributed by atoms with van der Waals surface area (Å²) in [7, 11) is 7.17. The molecule has 1 spiro atoms. The van der Waals surface area contributed by atoms with Crippen LogP contribution in [0.3, 0.4) is 0 Å². The smallest absolute Gasteiger partial charge is 0.258 e. The highest BCUT2D eigenvalue weighted by molar-refractivity contribution is 6.36. The predicted octanol–water partition coefficient (Wildman–Crippen LogP) is 3.48. The van der Waals surface area contributed by atoms with Crippen LogP contribution in [-0.2, 0) is 4.79 Å². The van der Waals surface area contributed by atoms with Crippen LogP contribution in [0, 0.1) is 5.92 Å². The molecule has 3 aromatic rings. The van der Waals surface area contributed by atoms with Crippen LogP contribution in [-0.4, -0.2) is 62.7 Å². The van der Waals surface area contributed by atoms with Crippen LogP contribution < -0.4 is 45.0 Å². The van der Waals surface area contributed by atoms with E-state index in [1.165, 1.54) is 41.6 Å². The molecule has 14 heteroatoms. The number of ketones is 2. The lowest BCUT2D eigenvalue weighted by Crippen LogP contribution is -2.58. The van der Waals surface area contributed by atoms with Gasteiger partial charge in [-0.3, -0.25) is 19.4 Å². The van der Waals surface area contributed by atoms with Crippen molar-refractivity contribution in [1.29, 1.82) is 0 Å². The first-order chi connectivity index (χ1) is 21.1. The van der Waals surface area contributed by atoms with E-state index in [1.54, 1.807) is 19.1 Å². The Hall–Kier alpha value is -4.91. The number of nitrogen functional groups attached to an aromatic ring is 1. The number of hydrogen-bond acceptors (Lipinski definition) is 12. The zero-order valence-corrected chi connectivity index (χ0v) is 25.4. The minimum absolute atomic E-state index is 0.0158. The average Bonchev–Trinajstić information content (AvgIpc) is 3.32. The quantitative estimate of drug-likeness (QED) is 0.341. The van der Waals surface area contributed by atoms with E-state index in [4.69, 9.17) is 45.8 Å². The van der Waals surface area contributed by atoms with Crippen LogP contribution >= 0.6 is 11.6 Å². The van der Waals surface area contributed by atoms with Gasteiger partial charge in [0, 0.05) is 29.2 Å². The SMILES string of the molecule is COc1cc(OC)c2c(c1Cl)OC1(C(=O)C3=C(CC1C)Nc1nc(N)[nH]c(=O)c1C3c1cc(OC)c(OC)c(OC)c1)C2=O. The topological polar surface area (TPSA) is 173 Å². The van der Waals surface area contributed by atoms with Crippen molar-refractivity contribution in [1.82, 2.24) is 9.97 Å². The average molecular weight is 625 g/mol. The van der Waals surface area contributed by atoms with Crippen molar-refractivity contribution in [3.05, 3.63) is 61.5 Å². The van der Waals surface area contributed by atoms with E-state index in [-0.39, 0.29) is 57.2 Å². The summed E-state index contributed by atoms with van der Waals surface area (Å²) in [5.41, 5.74) is 4.46. The lowest BCUT2D eigenvalue weighted by molar-refractivity contribution is -0.130. The highest BCUT2D eigenvalue weighted by Crippen LogP contribution is 2.57. The number of fused-ring (bicyclic) bond motifs is 2. The van der Waals surface area contributed by atoms with Crippen LogP contribution in [0.5, 0.6) is 34.5 Å². The number of ether oxygens (including phenoxy) is 6. The Bertz CT molecular complexity index is 1830. The predicted molar refractivity (Wildman–Crippen MR) is 159 cm³/mol. The number of benzene rings is 2. The Balaban J connectivity index is 1.61. The van der Waals surface area contributed by atoms with E-state index < -0.39 is 34.6 Å². The first kappa shape index (κ1) is 29.2. The maximum Gasteiger partial charge on any atom is 0.258 e. The zero-order chi connectivity index (χ0) is 31.7. The summed E-state index contributed by atoms with van der Waals surface area (Å²) in [4.78, 5) is 49.7. The largest absolute Gasteiger partial charge is 0.496 e. The molecule has 4 N–H and O–H groups in total. The molecule has 0 amide bonds. The molecule has 13 nitrogen and oxygen atoms in total. The van der Waals surface area contributed by atoms with E-state index in [0.29, 0.717) is 28.5 Å². The number of methoxy groups -OCH3 is 5. The van der Waals surface area contributed by atoms with Crippen molar-refractivity contribution >= 4 is 34.9 Å². The lowest BCUT2D eigenvalue weighted by atomic mass is 9.66. The van der Waals surface area contributed by atoms with Gasteiger partial charge in [-0.25, -0.2) is 0 Å². The molecule has 3 heterocycles. The highest BCUT2D eigenvalue weighted by Gasteiger charge is 2.63. The Labute approximate surface area is 256 Å². The summed E-state index contributed by atoms with van der Waals surface area (Å²) < 4.78 is 33.8. The molecule has 1 aliphatic carbocycles. The van der Waals surface area contributed by atoms with E-state index in [1.807, 2.05) is 0 Å². The van der Waals surface area contributed by atoms with Crippen LogP contribution in [0.25, 0.3) is 0 Å². The Kier molecular flexibility index (Phi) is 6.87. The van der Waals surface area contributed by atoms with Gasteiger partial charge in [-0.1, -0.05) is 18.5 Å². The Morgan fingerprint density at radius 1 is 0.932 bits per heavy atom. The zero-order valence-electron chi connectivity index (χ0n) is 24.7. The molecule has 6 rings (SSSR count). The fourth-order valence-electron chi connectivity index (χ4n) is 6.37. The van der Waals surface area contributed by atoms with Crippen LogP contribution in [0.1, 0.15) is 40.7 Å². The number of halogens is 1. The molecule has 0 saturated heterocycles. The normalized spacial score (nSPS) is 21.6. The molecular weight excluding hydrogens is 596 g/mol. The van der Waals surface area contributed by atoms with Crippen LogP contribution in [0.2, 0.25) is 5.02 Å². The maximum absolute atomic E-state index is 14.9. The summed E-state index contributed by atoms with van der Waals surface area (Å²) in [6, 6.07) is 4.74. The number of nitrogens with one attached hydrogen (secondary N) is 2. The van der Waals surface area contributed by atoms with Gasteiger partial charge in [0.1, 0.15) is 27.9 Å². The number of aromatic nitrogens is 2. The van der Waals surface area contributed by atoms with Crippen molar-refractivity contribution < 1.29 is 38.0 Å². The van der Waals surface area contributed by atoms with Gasteiger partial charge in [0.2, 0.25) is 28.9 Å². The molecule has 1 aromatic heterocycles. The van der Waals surface area contributed by atoms with Gasteiger partial charge in [0.15, 0.2) is 17.2 Å². The summed E-state index contributed by atoms with van der Waals surface area (Å²) in [6.45, 7) is 1.73. The van der Waals surface area contributed by atoms with E-state index in [0.717, 1.165) is 0 Å². The molecule has 0 radical (unpaired) electrons. The van der Waals surface area contributed by atoms with E-state index in [2.05, 4.69) is 15.3 Å². The molecule has 0 fully saturated rings. The summed E-state index contributed by atoms with van der Waals surface area (Å²) in [5, 5.41) is 3.16. The fourth-order valence-corrected chi connectivity index (χ4v) is 6.64. The number of carbonyl (C=O) groups excluding carboxylic acids is 2. The number of allylic oxidation sites excluding steroid dienone is 1. The third kappa shape index (κ3) is 3.85. The molecule has 3 unspecified atom stereocenters. The molecule has 2 aromatic carbocycles. The fraction of sp³-hybridized carbons (Fsp3) is 0.333. The number of rotatable bonds is 6. The van der Waals surface area contributed by atoms with Gasteiger partial charge < -0.3 is 39.5 Å². The van der Waals surface area contributed by atoms with Crippen molar-refractivity contribution in [2.75, 3.05) is 46.6 Å². The molecular formula is C30H29ClN4O9. The third-order valence-electron chi connectivity index (χ3n) is 8.37. The Morgan fingerprint density at radius 3 is 2.16 bits per heavy atom. The maximum atomic E-state index is 14.9. The molecule has 230 valence electrons. The number of anilines is 2. The van der Waals surface area contributed by atoms with Crippen molar-refractivity contribution in [2.45, 2.75) is 24.9 Å². The van der Waals surface area contributed by atoms with Crippen LogP contribution in [0.4, 0.5) is 11.8 Å². The highest BCUT2D eigenvalue weighted by atomic mass is 35.5. The second kappa shape index (κ2) is 10.4. The molecule has 3 aliphatic rings. The van der Waals surface area contributed by atoms with Gasteiger partial charge in [0.05, 0.1) is 41.1 Å². The first-order valence-corrected chi connectivity index (χ1v) is 13.9. The minimum atomic E-state index is -2.02. The van der Waals surface area contributed by atoms with Gasteiger partial charge >= 0.3 is 0 Å². The Morgan fingerprint density at radius 2 is 1.57 bits per heavy atom. The van der Waals surface area contributed by atoms with Gasteiger partial charge in [0.25, 0.3) is 5.56 Å². The lowest BCUT2D eigenvalue weighted by Gasteiger charge is -2.42. The second-order valence-corrected chi connectivity index (χ2v) is 10.9. The second-order valence-electron chi connectivity index (χ2n) is 10.5. The van der Waals surface area contributed by atoms with E-state index in [9.17, 15) is 14.4 Å². The molecule has 0 bridgehead atoms.